The molecule has 0 aromatic rings. The quantitative estimate of drug-likeness (QED) is 0.197. The first-order chi connectivity index (χ1) is 41.3. The van der Waals surface area contributed by atoms with Crippen LogP contribution in [0, 0.1) is 29.6 Å². The van der Waals surface area contributed by atoms with Crippen LogP contribution in [0.5, 0.6) is 0 Å². The average molecular weight is 1260 g/mol. The number of fused-ring (bicyclic) bond motifs is 27. The molecular formula is C63H110N14O12. The number of likely N-dealkylation sites (N-methyl/N-ethyl adjacent to an activating group) is 8. The first-order valence-corrected chi connectivity index (χ1v) is 32.0. The van der Waals surface area contributed by atoms with Gasteiger partial charge in [-0.15, -0.1) is 0 Å². The standard InChI is InChI=1S/C63H110N14O12/c1-24-42-57(82)69(17)40(13)56(81)70(18)45(30-35(4)5)55(80)66-49(38(10)11)60(85)71(19)44(29-34(2)3)54(79)65-39(12)53(78)67-63(88)73(21)47(32-37(8)9)58(83)72(20)46(31-36(6)7)59(84)74(22)50-41(14)89-52-43(77(42)62(87)51(52)75(23)61(50)86)33-48-64-25-26-76(48)28-27-68(15)16/h34-47,49-52H,24-33H2,1-23H3,(H,65,79)(H,66,80)(H,67,78,88)/t39-,40-,41?,42?,43-,44-,45+,46?,47-,49-,50+,51+,52-/m1/s1. The van der Waals surface area contributed by atoms with Gasteiger partial charge in [-0.05, 0) is 96.6 Å². The van der Waals surface area contributed by atoms with Crippen LogP contribution in [0.3, 0.4) is 0 Å². The molecule has 0 aromatic carbocycles. The van der Waals surface area contributed by atoms with Gasteiger partial charge in [0, 0.05) is 75.4 Å². The van der Waals surface area contributed by atoms with Crippen LogP contribution in [0.2, 0.25) is 0 Å². The minimum Gasteiger partial charge on any atom is -0.368 e. The van der Waals surface area contributed by atoms with Gasteiger partial charge in [0.15, 0.2) is 0 Å². The van der Waals surface area contributed by atoms with E-state index in [0.717, 1.165) is 4.90 Å². The van der Waals surface area contributed by atoms with Gasteiger partial charge in [0.05, 0.1) is 18.7 Å². The topological polar surface area (TPSA) is 278 Å². The second-order valence-electron chi connectivity index (χ2n) is 27.5. The average Bonchev–Trinajstić information content (AvgIpc) is 1.61. The molecule has 0 saturated carbocycles. The van der Waals surface area contributed by atoms with Crippen LogP contribution < -0.4 is 16.0 Å². The Morgan fingerprint density at radius 1 is 0.528 bits per heavy atom. The summed E-state index contributed by atoms with van der Waals surface area (Å²) in [5, 5.41) is 7.88. The number of hydrogen-bond donors (Lipinski definition) is 3. The highest BCUT2D eigenvalue weighted by Crippen LogP contribution is 2.37. The lowest BCUT2D eigenvalue weighted by atomic mass is 9.96. The highest BCUT2D eigenvalue weighted by molar-refractivity contribution is 6.02. The Balaban J connectivity index is 1.96. The number of carbonyl (C=O) groups excluding carboxylic acids is 11. The molecule has 89 heavy (non-hydrogen) atoms. The van der Waals surface area contributed by atoms with E-state index in [1.165, 1.54) is 97.5 Å². The Hall–Kier alpha value is -6.44. The Morgan fingerprint density at radius 3 is 1.49 bits per heavy atom. The summed E-state index contributed by atoms with van der Waals surface area (Å²) in [5.41, 5.74) is 0. The molecular weight excluding hydrogens is 1140 g/mol. The van der Waals surface area contributed by atoms with Gasteiger partial charge in [0.25, 0.3) is 0 Å². The monoisotopic (exact) mass is 1250 g/mol. The normalized spacial score (nSPS) is 29.7. The molecule has 4 fully saturated rings. The van der Waals surface area contributed by atoms with E-state index in [9.17, 15) is 28.8 Å². The fourth-order valence-corrected chi connectivity index (χ4v) is 12.6. The van der Waals surface area contributed by atoms with Crippen molar-refractivity contribution in [1.82, 2.24) is 64.9 Å². The fraction of sp³-hybridized carbons (Fsp3) is 0.810. The van der Waals surface area contributed by atoms with Crippen LogP contribution in [-0.2, 0) is 52.7 Å². The predicted octanol–water partition coefficient (Wildman–Crippen LogP) is 1.79. The number of nitrogens with zero attached hydrogens (tertiary/aromatic N) is 11. The summed E-state index contributed by atoms with van der Waals surface area (Å²) >= 11 is 0. The van der Waals surface area contributed by atoms with Crippen LogP contribution in [0.15, 0.2) is 4.99 Å². The summed E-state index contributed by atoms with van der Waals surface area (Å²) in [6.45, 7) is 27.2. The second kappa shape index (κ2) is 32.0. The number of hydrogen-bond acceptors (Lipinski definition) is 15. The highest BCUT2D eigenvalue weighted by atomic mass is 16.5. The number of ether oxygens (including phenoxy) is 1. The van der Waals surface area contributed by atoms with Gasteiger partial charge < -0.3 is 64.4 Å². The van der Waals surface area contributed by atoms with Crippen molar-refractivity contribution in [3.8, 4) is 0 Å². The summed E-state index contributed by atoms with van der Waals surface area (Å²) in [4.78, 5) is 182. The highest BCUT2D eigenvalue weighted by Gasteiger charge is 2.59. The number of rotatable bonds is 15. The summed E-state index contributed by atoms with van der Waals surface area (Å²) < 4.78 is 6.98. The molecule has 4 saturated heterocycles. The van der Waals surface area contributed by atoms with Crippen LogP contribution in [0.1, 0.15) is 135 Å². The molecule has 0 spiro atoms. The molecule has 13 atom stereocenters. The summed E-state index contributed by atoms with van der Waals surface area (Å²) in [6, 6.07) is -14.1. The Bertz CT molecular complexity index is 2600. The molecule has 0 aromatic heterocycles. The van der Waals surface area contributed by atoms with Gasteiger partial charge >= 0.3 is 6.03 Å². The van der Waals surface area contributed by atoms with Gasteiger partial charge in [-0.3, -0.25) is 58.3 Å². The number of urea groups is 1. The number of amidine groups is 1. The van der Waals surface area contributed by atoms with Crippen LogP contribution in [0.25, 0.3) is 0 Å². The first-order valence-electron chi connectivity index (χ1n) is 32.0. The molecule has 26 nitrogen and oxygen atoms in total. The van der Waals surface area contributed by atoms with Gasteiger partial charge in [0.1, 0.15) is 72.4 Å². The third-order valence-electron chi connectivity index (χ3n) is 18.1. The van der Waals surface area contributed by atoms with Crippen LogP contribution in [-0.4, -0.2) is 288 Å². The van der Waals surface area contributed by atoms with E-state index in [1.807, 2.05) is 74.4 Å². The van der Waals surface area contributed by atoms with Crippen molar-refractivity contribution in [1.29, 1.82) is 0 Å². The molecule has 4 bridgehead atoms. The molecule has 5 rings (SSSR count). The van der Waals surface area contributed by atoms with Crippen molar-refractivity contribution >= 4 is 70.9 Å². The molecule has 26 heteroatoms. The molecule has 3 unspecified atom stereocenters. The van der Waals surface area contributed by atoms with Gasteiger partial charge in [-0.1, -0.05) is 76.2 Å². The third kappa shape index (κ3) is 17.7. The molecule has 5 aliphatic rings. The maximum atomic E-state index is 15.6. The van der Waals surface area contributed by atoms with Crippen molar-refractivity contribution in [2.24, 2.45) is 34.6 Å². The summed E-state index contributed by atoms with van der Waals surface area (Å²) in [7, 11) is 14.0. The van der Waals surface area contributed by atoms with E-state index in [2.05, 4.69) is 20.9 Å². The summed E-state index contributed by atoms with van der Waals surface area (Å²) in [6.07, 6.45) is -1.38. The predicted molar refractivity (Wildman–Crippen MR) is 338 cm³/mol. The van der Waals surface area contributed by atoms with E-state index in [4.69, 9.17) is 9.73 Å². The Labute approximate surface area is 529 Å². The number of amides is 12. The molecule has 504 valence electrons. The van der Waals surface area contributed by atoms with E-state index >= 15 is 24.0 Å². The van der Waals surface area contributed by atoms with Crippen LogP contribution in [0.4, 0.5) is 4.79 Å². The largest absolute Gasteiger partial charge is 0.368 e. The number of carbonyl (C=O) groups is 11. The zero-order chi connectivity index (χ0) is 67.7. The zero-order valence-corrected chi connectivity index (χ0v) is 57.8. The molecule has 12 amide bonds. The molecule has 5 heterocycles. The van der Waals surface area contributed by atoms with E-state index in [-0.39, 0.29) is 62.2 Å². The lowest BCUT2D eigenvalue weighted by molar-refractivity contribution is -0.156. The van der Waals surface area contributed by atoms with Crippen LogP contribution >= 0.6 is 0 Å². The number of aliphatic imine (C=N–C) groups is 1. The van der Waals surface area contributed by atoms with Gasteiger partial charge in [-0.25, -0.2) is 4.79 Å². The minimum atomic E-state index is -1.34. The van der Waals surface area contributed by atoms with Crippen molar-refractivity contribution in [2.45, 2.75) is 214 Å². The fourth-order valence-electron chi connectivity index (χ4n) is 12.6. The molecule has 0 aliphatic carbocycles. The van der Waals surface area contributed by atoms with Gasteiger partial charge in [0.2, 0.25) is 59.1 Å². The number of nitrogens with one attached hydrogen (secondary N) is 3. The Kier molecular flexibility index (Phi) is 27.0. The van der Waals surface area contributed by atoms with Crippen molar-refractivity contribution in [2.75, 3.05) is 89.6 Å². The lowest BCUT2D eigenvalue weighted by Gasteiger charge is -2.40. The maximum Gasteiger partial charge on any atom is 0.324 e. The second-order valence-corrected chi connectivity index (χ2v) is 27.5. The van der Waals surface area contributed by atoms with Gasteiger partial charge in [-0.2, -0.15) is 0 Å². The van der Waals surface area contributed by atoms with Crippen molar-refractivity contribution < 1.29 is 57.5 Å². The first kappa shape index (κ1) is 75.0. The molecule has 5 aliphatic heterocycles. The molecule has 3 N–H and O–H groups in total. The van der Waals surface area contributed by atoms with E-state index < -0.39 is 150 Å². The lowest BCUT2D eigenvalue weighted by Crippen LogP contribution is -2.62. The maximum absolute atomic E-state index is 15.6. The molecule has 0 radical (unpaired) electrons. The SMILES string of the molecule is CCC1C(=O)N(C)[C@H](C)C(=O)N(C)[C@@H](CC(C)C)C(=O)N[C@H](C(C)C)C(=O)N(C)[C@H](CC(C)C)C(=O)N[C@H](C)C(=O)NC(=O)N(C)[C@H](CC(C)C)C(=O)N(C)C(CC(C)C)C(=O)N(C)[C@@H]2C(=O)N(C)[C@@H]3C(=O)N1[C@H](CC1=NCCN1CCN(C)C)[C@H]3OC2C. The van der Waals surface area contributed by atoms with Crippen molar-refractivity contribution in [3.63, 3.8) is 0 Å². The Morgan fingerprint density at radius 2 is 0.989 bits per heavy atom. The van der Waals surface area contributed by atoms with E-state index in [1.54, 1.807) is 27.7 Å². The smallest absolute Gasteiger partial charge is 0.324 e. The van der Waals surface area contributed by atoms with Crippen molar-refractivity contribution in [3.05, 3.63) is 0 Å². The summed E-state index contributed by atoms with van der Waals surface area (Å²) in [5.74, 6) is -7.01. The van der Waals surface area contributed by atoms with E-state index in [0.29, 0.717) is 32.0 Å². The zero-order valence-electron chi connectivity index (χ0n) is 57.8. The number of imide groups is 1. The third-order valence-corrected chi connectivity index (χ3v) is 18.1. The minimum absolute atomic E-state index is 0.0851.